The average Bonchev–Trinajstić information content (AvgIpc) is 3.92. The Morgan fingerprint density at radius 1 is 0.931 bits per heavy atom. The molecule has 58 heavy (non-hydrogen) atoms. The summed E-state index contributed by atoms with van der Waals surface area (Å²) in [6, 6.07) is 6.37. The second kappa shape index (κ2) is 14.0. The maximum Gasteiger partial charge on any atom is 0.309 e. The van der Waals surface area contributed by atoms with Crippen molar-refractivity contribution in [1.29, 1.82) is 0 Å². The van der Waals surface area contributed by atoms with Crippen LogP contribution in [-0.4, -0.2) is 50.5 Å². The number of aliphatic carboxylic acids is 1. The normalized spacial score (nSPS) is 39.2. The summed E-state index contributed by atoms with van der Waals surface area (Å²) >= 11 is 0. The van der Waals surface area contributed by atoms with E-state index in [1.54, 1.807) is 26.0 Å². The standard InChI is InChI=1S/C49H68FN3O5/c1-29(2)32-18-23-49(42(55)53-26-10-11-35(53)41-51-28-34(52-41)30-12-14-31(50)15-13-30)25-24-47(8)33(40(32)49)16-17-37-46(7)21-20-38(58-39(54)27-44(3,4)43(56)57)45(5,6)36(46)19-22-48(37,47)9/h12-15,28,32-33,35-38,40H,1,10-11,16-27H2,2-9H3,(H,51,52)(H,56,57)/t32-,33+,35?,36-,37+,38-,40+,46-,47+,48+,49-/m0/s1. The van der Waals surface area contributed by atoms with Crippen molar-refractivity contribution in [2.75, 3.05) is 6.54 Å². The van der Waals surface area contributed by atoms with E-state index in [1.165, 1.54) is 17.7 Å². The van der Waals surface area contributed by atoms with Gasteiger partial charge in [-0.2, -0.15) is 0 Å². The Kier molecular flexibility index (Phi) is 9.99. The van der Waals surface area contributed by atoms with Crippen molar-refractivity contribution in [3.63, 3.8) is 0 Å². The first-order chi connectivity index (χ1) is 27.2. The molecule has 9 heteroatoms. The summed E-state index contributed by atoms with van der Waals surface area (Å²) in [4.78, 5) is 51.0. The first-order valence-electron chi connectivity index (χ1n) is 22.4. The highest BCUT2D eigenvalue weighted by Crippen LogP contribution is 2.78. The van der Waals surface area contributed by atoms with Gasteiger partial charge >= 0.3 is 11.9 Å². The van der Waals surface area contributed by atoms with Crippen LogP contribution >= 0.6 is 0 Å². The summed E-state index contributed by atoms with van der Waals surface area (Å²) in [5, 5.41) is 9.66. The van der Waals surface area contributed by atoms with E-state index >= 15 is 4.79 Å². The summed E-state index contributed by atoms with van der Waals surface area (Å²) in [5.74, 6) is 1.39. The highest BCUT2D eigenvalue weighted by atomic mass is 19.1. The quantitative estimate of drug-likeness (QED) is 0.203. The summed E-state index contributed by atoms with van der Waals surface area (Å²) < 4.78 is 19.9. The molecule has 316 valence electrons. The topological polar surface area (TPSA) is 113 Å². The molecule has 0 bridgehead atoms. The van der Waals surface area contributed by atoms with Crippen LogP contribution in [0.1, 0.15) is 151 Å². The minimum Gasteiger partial charge on any atom is -0.481 e. The Bertz CT molecular complexity index is 1970. The molecule has 1 unspecified atom stereocenters. The number of halogens is 1. The zero-order chi connectivity index (χ0) is 41.8. The number of esters is 1. The Labute approximate surface area is 345 Å². The van der Waals surface area contributed by atoms with Gasteiger partial charge in [0.05, 0.1) is 35.2 Å². The number of likely N-dealkylation sites (tertiary alicyclic amines) is 1. The number of ether oxygens (including phenoxy) is 1. The molecule has 8 rings (SSSR count). The van der Waals surface area contributed by atoms with Gasteiger partial charge in [0.2, 0.25) is 5.91 Å². The minimum absolute atomic E-state index is 0.0712. The Balaban J connectivity index is 1.05. The van der Waals surface area contributed by atoms with Gasteiger partial charge in [0, 0.05) is 12.0 Å². The fourth-order valence-corrected chi connectivity index (χ4v) is 15.2. The maximum atomic E-state index is 15.5. The molecule has 8 nitrogen and oxygen atoms in total. The number of nitrogens with one attached hydrogen (secondary N) is 1. The largest absolute Gasteiger partial charge is 0.481 e. The van der Waals surface area contributed by atoms with E-state index in [-0.39, 0.29) is 52.0 Å². The maximum absolute atomic E-state index is 15.5. The zero-order valence-electron chi connectivity index (χ0n) is 36.4. The number of hydrogen-bond acceptors (Lipinski definition) is 5. The van der Waals surface area contributed by atoms with E-state index in [9.17, 15) is 19.1 Å². The first kappa shape index (κ1) is 41.3. The molecule has 1 amide bonds. The molecule has 1 saturated heterocycles. The number of aromatic nitrogens is 2. The highest BCUT2D eigenvalue weighted by molar-refractivity contribution is 5.85. The minimum atomic E-state index is -1.16. The van der Waals surface area contributed by atoms with E-state index < -0.39 is 22.8 Å². The number of carbonyl (C=O) groups excluding carboxylic acids is 2. The van der Waals surface area contributed by atoms with Gasteiger partial charge in [-0.1, -0.05) is 46.8 Å². The van der Waals surface area contributed by atoms with Gasteiger partial charge < -0.3 is 19.7 Å². The van der Waals surface area contributed by atoms with Gasteiger partial charge in [-0.15, -0.1) is 0 Å². The SMILES string of the molecule is C=C(C)[C@@H]1CC[C@]2(C(=O)N3CCCC3c3ncc(-c4ccc(F)cc4)[nH]3)CC[C@]3(C)[C@H](CC[C@@H]4[C@@]5(C)CC[C@H](OC(=O)CC(C)(C)C(=O)O)C(C)(C)[C@@H]5CC[C@]43C)[C@@H]12. The van der Waals surface area contributed by atoms with Crippen LogP contribution in [0.25, 0.3) is 11.3 Å². The summed E-state index contributed by atoms with van der Waals surface area (Å²) in [7, 11) is 0. The van der Waals surface area contributed by atoms with Gasteiger partial charge in [0.15, 0.2) is 0 Å². The molecule has 11 atom stereocenters. The monoisotopic (exact) mass is 798 g/mol. The lowest BCUT2D eigenvalue weighted by atomic mass is 9.32. The van der Waals surface area contributed by atoms with Crippen LogP contribution in [0.15, 0.2) is 42.6 Å². The van der Waals surface area contributed by atoms with E-state index in [0.29, 0.717) is 29.6 Å². The molecular weight excluding hydrogens is 730 g/mol. The first-order valence-corrected chi connectivity index (χ1v) is 22.4. The molecule has 2 N–H and O–H groups in total. The summed E-state index contributed by atoms with van der Waals surface area (Å²) in [5.41, 5.74) is 1.39. The van der Waals surface area contributed by atoms with Crippen molar-refractivity contribution in [1.82, 2.24) is 14.9 Å². The molecule has 2 heterocycles. The number of carbonyl (C=O) groups is 3. The van der Waals surface area contributed by atoms with E-state index in [0.717, 1.165) is 101 Å². The third-order valence-electron chi connectivity index (χ3n) is 18.5. The van der Waals surface area contributed by atoms with Crippen LogP contribution in [-0.2, 0) is 19.1 Å². The van der Waals surface area contributed by atoms with Crippen molar-refractivity contribution in [2.24, 2.45) is 62.1 Å². The number of carboxylic acids is 1. The van der Waals surface area contributed by atoms with Crippen molar-refractivity contribution in [3.05, 3.63) is 54.3 Å². The van der Waals surface area contributed by atoms with Crippen LogP contribution in [0.4, 0.5) is 4.39 Å². The lowest BCUT2D eigenvalue weighted by Crippen LogP contribution is -2.67. The molecule has 5 saturated carbocycles. The van der Waals surface area contributed by atoms with Gasteiger partial charge in [-0.3, -0.25) is 14.4 Å². The van der Waals surface area contributed by atoms with Crippen LogP contribution in [0.2, 0.25) is 0 Å². The zero-order valence-corrected chi connectivity index (χ0v) is 36.4. The average molecular weight is 798 g/mol. The molecule has 1 aliphatic heterocycles. The van der Waals surface area contributed by atoms with Crippen LogP contribution in [0.5, 0.6) is 0 Å². The number of H-pyrrole nitrogens is 1. The fourth-order valence-electron chi connectivity index (χ4n) is 15.2. The number of fused-ring (bicyclic) bond motifs is 7. The number of carboxylic acid groups (broad SMARTS) is 1. The molecule has 1 aromatic carbocycles. The van der Waals surface area contributed by atoms with Gasteiger partial charge in [-0.25, -0.2) is 9.37 Å². The van der Waals surface area contributed by atoms with Crippen molar-refractivity contribution >= 4 is 17.8 Å². The van der Waals surface area contributed by atoms with Crippen LogP contribution < -0.4 is 0 Å². The number of aromatic amines is 1. The predicted octanol–water partition coefficient (Wildman–Crippen LogP) is 10.9. The molecule has 6 fully saturated rings. The highest BCUT2D eigenvalue weighted by Gasteiger charge is 2.72. The Morgan fingerprint density at radius 3 is 2.34 bits per heavy atom. The summed E-state index contributed by atoms with van der Waals surface area (Å²) in [6.07, 6.45) is 13.4. The fraction of sp³-hybridized carbons (Fsp3) is 0.714. The van der Waals surface area contributed by atoms with Crippen LogP contribution in [0, 0.1) is 67.9 Å². The number of allylic oxidation sites excluding steroid dienone is 1. The molecular formula is C49H68FN3O5. The van der Waals surface area contributed by atoms with E-state index in [4.69, 9.17) is 9.72 Å². The lowest BCUT2D eigenvalue weighted by molar-refractivity contribution is -0.250. The number of benzene rings is 1. The summed E-state index contributed by atoms with van der Waals surface area (Å²) in [6.45, 7) is 23.1. The number of imidazole rings is 1. The number of nitrogens with zero attached hydrogens (tertiary/aromatic N) is 2. The molecule has 2 aromatic rings. The van der Waals surface area contributed by atoms with Crippen molar-refractivity contribution in [2.45, 2.75) is 151 Å². The molecule has 6 aliphatic rings. The lowest BCUT2D eigenvalue weighted by Gasteiger charge is -2.73. The molecule has 5 aliphatic carbocycles. The van der Waals surface area contributed by atoms with Crippen molar-refractivity contribution in [3.8, 4) is 11.3 Å². The number of amides is 1. The third-order valence-corrected chi connectivity index (χ3v) is 18.5. The molecule has 0 spiro atoms. The molecule has 1 aromatic heterocycles. The van der Waals surface area contributed by atoms with Gasteiger partial charge in [-0.05, 0) is 173 Å². The number of hydrogen-bond donors (Lipinski definition) is 2. The van der Waals surface area contributed by atoms with Gasteiger partial charge in [0.25, 0.3) is 0 Å². The Hall–Kier alpha value is -3.49. The molecule has 0 radical (unpaired) electrons. The van der Waals surface area contributed by atoms with Crippen molar-refractivity contribution < 1.29 is 28.6 Å². The number of rotatable bonds is 8. The van der Waals surface area contributed by atoms with Gasteiger partial charge in [0.1, 0.15) is 17.7 Å². The Morgan fingerprint density at radius 2 is 1.66 bits per heavy atom. The van der Waals surface area contributed by atoms with Crippen LogP contribution in [0.3, 0.4) is 0 Å². The van der Waals surface area contributed by atoms with E-state index in [1.807, 2.05) is 6.20 Å². The predicted molar refractivity (Wildman–Crippen MR) is 223 cm³/mol. The second-order valence-corrected chi connectivity index (χ2v) is 21.9. The second-order valence-electron chi connectivity index (χ2n) is 21.9. The smallest absolute Gasteiger partial charge is 0.309 e. The van der Waals surface area contributed by atoms with E-state index in [2.05, 4.69) is 58.0 Å². The third kappa shape index (κ3) is 6.07.